The van der Waals surface area contributed by atoms with Crippen LogP contribution in [0.4, 0.5) is 0 Å². The predicted octanol–water partition coefficient (Wildman–Crippen LogP) is 3.61. The molecule has 0 aliphatic carbocycles. The zero-order valence-electron chi connectivity index (χ0n) is 8.06. The lowest BCUT2D eigenvalue weighted by molar-refractivity contribution is 0.459. The van der Waals surface area contributed by atoms with E-state index >= 15 is 0 Å². The minimum absolute atomic E-state index is 0.434. The second kappa shape index (κ2) is 4.80. The molecule has 1 heterocycles. The fourth-order valence-electron chi connectivity index (χ4n) is 1.23. The molecule has 1 aromatic carbocycles. The number of ether oxygens (including phenoxy) is 1. The minimum Gasteiger partial charge on any atom is -0.439 e. The highest BCUT2D eigenvalue weighted by molar-refractivity contribution is 6.17. The summed E-state index contributed by atoms with van der Waals surface area (Å²) in [6, 6.07) is 13.2. The van der Waals surface area contributed by atoms with Crippen molar-refractivity contribution in [2.24, 2.45) is 0 Å². The third kappa shape index (κ3) is 2.48. The molecule has 0 unspecified atom stereocenters. The molecule has 0 aliphatic heterocycles. The topological polar surface area (TPSA) is 22.1 Å². The van der Waals surface area contributed by atoms with E-state index in [4.69, 9.17) is 16.3 Å². The smallest absolute Gasteiger partial charge is 0.219 e. The second-order valence-corrected chi connectivity index (χ2v) is 3.28. The first-order chi connectivity index (χ1) is 7.40. The van der Waals surface area contributed by atoms with Gasteiger partial charge in [-0.1, -0.05) is 24.3 Å². The van der Waals surface area contributed by atoms with Crippen molar-refractivity contribution >= 4 is 11.6 Å². The highest BCUT2D eigenvalue weighted by Gasteiger charge is 2.02. The van der Waals surface area contributed by atoms with Crippen LogP contribution in [0.25, 0.3) is 0 Å². The summed E-state index contributed by atoms with van der Waals surface area (Å²) in [7, 11) is 0. The van der Waals surface area contributed by atoms with Crippen molar-refractivity contribution in [3.63, 3.8) is 0 Å². The van der Waals surface area contributed by atoms with E-state index in [0.717, 1.165) is 11.3 Å². The van der Waals surface area contributed by atoms with Crippen LogP contribution in [0.15, 0.2) is 48.7 Å². The maximum absolute atomic E-state index is 5.80. The van der Waals surface area contributed by atoms with Gasteiger partial charge in [0.05, 0.1) is 5.88 Å². The molecule has 0 saturated carbocycles. The summed E-state index contributed by atoms with van der Waals surface area (Å²) in [6.07, 6.45) is 1.69. The molecule has 0 radical (unpaired) electrons. The summed E-state index contributed by atoms with van der Waals surface area (Å²) in [5.41, 5.74) is 0.963. The van der Waals surface area contributed by atoms with Gasteiger partial charge in [0.25, 0.3) is 0 Å². The summed E-state index contributed by atoms with van der Waals surface area (Å²) in [6.45, 7) is 0. The molecule has 0 bridgehead atoms. The number of para-hydroxylation sites is 1. The second-order valence-electron chi connectivity index (χ2n) is 3.01. The van der Waals surface area contributed by atoms with E-state index in [1.54, 1.807) is 6.20 Å². The highest BCUT2D eigenvalue weighted by Crippen LogP contribution is 2.24. The van der Waals surface area contributed by atoms with Gasteiger partial charge in [-0.15, -0.1) is 11.6 Å². The van der Waals surface area contributed by atoms with Gasteiger partial charge in [0.1, 0.15) is 5.75 Å². The number of hydrogen-bond donors (Lipinski definition) is 0. The average molecular weight is 220 g/mol. The first-order valence-electron chi connectivity index (χ1n) is 4.63. The van der Waals surface area contributed by atoms with Crippen molar-refractivity contribution in [2.75, 3.05) is 0 Å². The summed E-state index contributed by atoms with van der Waals surface area (Å²) >= 11 is 5.80. The molecule has 0 fully saturated rings. The molecule has 0 N–H and O–H groups in total. The maximum atomic E-state index is 5.80. The van der Waals surface area contributed by atoms with E-state index in [2.05, 4.69) is 4.98 Å². The Bertz CT molecular complexity index is 431. The SMILES string of the molecule is ClCc1ccccc1Oc1ccccn1. The Kier molecular flexibility index (Phi) is 3.20. The van der Waals surface area contributed by atoms with Gasteiger partial charge in [-0.3, -0.25) is 0 Å². The monoisotopic (exact) mass is 219 g/mol. The molecule has 0 amide bonds. The van der Waals surface area contributed by atoms with Crippen LogP contribution in [0.1, 0.15) is 5.56 Å². The fraction of sp³-hybridized carbons (Fsp3) is 0.0833. The fourth-order valence-corrected chi connectivity index (χ4v) is 1.45. The van der Waals surface area contributed by atoms with Crippen molar-refractivity contribution in [1.82, 2.24) is 4.98 Å². The molecule has 2 rings (SSSR count). The van der Waals surface area contributed by atoms with Gasteiger partial charge in [0.15, 0.2) is 0 Å². The van der Waals surface area contributed by atoms with Crippen LogP contribution in [0.5, 0.6) is 11.6 Å². The zero-order chi connectivity index (χ0) is 10.5. The van der Waals surface area contributed by atoms with Gasteiger partial charge in [0.2, 0.25) is 5.88 Å². The van der Waals surface area contributed by atoms with Crippen molar-refractivity contribution in [3.05, 3.63) is 54.2 Å². The number of pyridine rings is 1. The molecule has 3 heteroatoms. The third-order valence-corrected chi connectivity index (χ3v) is 2.26. The number of hydrogen-bond acceptors (Lipinski definition) is 2. The van der Waals surface area contributed by atoms with Crippen LogP contribution < -0.4 is 4.74 Å². The van der Waals surface area contributed by atoms with E-state index in [9.17, 15) is 0 Å². The number of alkyl halides is 1. The lowest BCUT2D eigenvalue weighted by atomic mass is 10.2. The molecular weight excluding hydrogens is 210 g/mol. The first-order valence-corrected chi connectivity index (χ1v) is 5.16. The van der Waals surface area contributed by atoms with E-state index in [-0.39, 0.29) is 0 Å². The van der Waals surface area contributed by atoms with Gasteiger partial charge >= 0.3 is 0 Å². The normalized spacial score (nSPS) is 9.93. The Morgan fingerprint density at radius 1 is 1.07 bits per heavy atom. The van der Waals surface area contributed by atoms with Gasteiger partial charge in [-0.25, -0.2) is 4.98 Å². The maximum Gasteiger partial charge on any atom is 0.219 e. The summed E-state index contributed by atoms with van der Waals surface area (Å²) in [5.74, 6) is 1.77. The standard InChI is InChI=1S/C12H10ClNO/c13-9-10-5-1-2-6-11(10)15-12-7-3-4-8-14-12/h1-8H,9H2. The molecule has 76 valence electrons. The lowest BCUT2D eigenvalue weighted by Crippen LogP contribution is -1.90. The van der Waals surface area contributed by atoms with Crippen LogP contribution in [-0.2, 0) is 5.88 Å². The van der Waals surface area contributed by atoms with E-state index < -0.39 is 0 Å². The molecule has 0 saturated heterocycles. The molecule has 2 nitrogen and oxygen atoms in total. The number of nitrogens with zero attached hydrogens (tertiary/aromatic N) is 1. The Balaban J connectivity index is 2.24. The van der Waals surface area contributed by atoms with Gasteiger partial charge in [-0.05, 0) is 12.1 Å². The largest absolute Gasteiger partial charge is 0.439 e. The number of aromatic nitrogens is 1. The molecule has 15 heavy (non-hydrogen) atoms. The zero-order valence-corrected chi connectivity index (χ0v) is 8.82. The Hall–Kier alpha value is -1.54. The highest BCUT2D eigenvalue weighted by atomic mass is 35.5. The predicted molar refractivity (Wildman–Crippen MR) is 60.3 cm³/mol. The third-order valence-electron chi connectivity index (χ3n) is 1.97. The van der Waals surface area contributed by atoms with Gasteiger partial charge in [0, 0.05) is 17.8 Å². The Labute approximate surface area is 93.5 Å². The number of rotatable bonds is 3. The van der Waals surface area contributed by atoms with E-state index in [1.165, 1.54) is 0 Å². The van der Waals surface area contributed by atoms with Crippen molar-refractivity contribution in [3.8, 4) is 11.6 Å². The summed E-state index contributed by atoms with van der Waals surface area (Å²) < 4.78 is 5.60. The van der Waals surface area contributed by atoms with Crippen LogP contribution >= 0.6 is 11.6 Å². The molecule has 1 aromatic heterocycles. The van der Waals surface area contributed by atoms with E-state index in [0.29, 0.717) is 11.8 Å². The Morgan fingerprint density at radius 2 is 1.87 bits per heavy atom. The van der Waals surface area contributed by atoms with Crippen molar-refractivity contribution in [2.45, 2.75) is 5.88 Å². The molecule has 2 aromatic rings. The van der Waals surface area contributed by atoms with Crippen LogP contribution in [0, 0.1) is 0 Å². The van der Waals surface area contributed by atoms with Crippen molar-refractivity contribution < 1.29 is 4.74 Å². The van der Waals surface area contributed by atoms with E-state index in [1.807, 2.05) is 42.5 Å². The summed E-state index contributed by atoms with van der Waals surface area (Å²) in [4.78, 5) is 4.08. The first kappa shape index (κ1) is 9.99. The molecule has 0 spiro atoms. The van der Waals surface area contributed by atoms with Crippen LogP contribution in [0.3, 0.4) is 0 Å². The average Bonchev–Trinajstić information content (AvgIpc) is 2.31. The summed E-state index contributed by atoms with van der Waals surface area (Å²) in [5, 5.41) is 0. The van der Waals surface area contributed by atoms with Gasteiger partial charge < -0.3 is 4.74 Å². The van der Waals surface area contributed by atoms with Crippen molar-refractivity contribution in [1.29, 1.82) is 0 Å². The molecule has 0 aliphatic rings. The number of halogens is 1. The quantitative estimate of drug-likeness (QED) is 0.736. The lowest BCUT2D eigenvalue weighted by Gasteiger charge is -2.07. The molecule has 0 atom stereocenters. The molecular formula is C12H10ClNO. The van der Waals surface area contributed by atoms with Crippen LogP contribution in [0.2, 0.25) is 0 Å². The van der Waals surface area contributed by atoms with Gasteiger partial charge in [-0.2, -0.15) is 0 Å². The Morgan fingerprint density at radius 3 is 2.60 bits per heavy atom. The minimum atomic E-state index is 0.434. The van der Waals surface area contributed by atoms with Crippen LogP contribution in [-0.4, -0.2) is 4.98 Å². The number of benzene rings is 1.